The summed E-state index contributed by atoms with van der Waals surface area (Å²) in [6.07, 6.45) is 4.30. The van der Waals surface area contributed by atoms with Crippen molar-refractivity contribution in [1.29, 1.82) is 0 Å². The van der Waals surface area contributed by atoms with E-state index in [0.717, 1.165) is 0 Å². The fraction of sp³-hybridized carbons (Fsp3) is 0.263. The van der Waals surface area contributed by atoms with Gasteiger partial charge in [-0.1, -0.05) is 29.0 Å². The number of rotatable bonds is 4. The van der Waals surface area contributed by atoms with Gasteiger partial charge in [-0.2, -0.15) is 0 Å². The number of halogens is 1. The normalized spacial score (nSPS) is 14.4. The quantitative estimate of drug-likeness (QED) is 0.637. The first-order valence-electron chi connectivity index (χ1n) is 9.32. The first-order valence-corrected chi connectivity index (χ1v) is 10.5. The molecule has 2 N–H and O–H groups in total. The standard InChI is InChI=1S/C19H18ClN7O2S/c20-13-4-5-15(22-11-13)23-16(28)12-6-9-27(10-7-12)19(29)24-18-26-25-17(30-18)14-3-1-2-8-21-14/h1-5,8,11-12H,6-7,9-10H2,(H,22,23,28)(H,24,26,29). The van der Waals surface area contributed by atoms with Gasteiger partial charge >= 0.3 is 6.03 Å². The lowest BCUT2D eigenvalue weighted by Gasteiger charge is -2.30. The molecule has 30 heavy (non-hydrogen) atoms. The largest absolute Gasteiger partial charge is 0.324 e. The molecule has 0 atom stereocenters. The number of aromatic nitrogens is 4. The van der Waals surface area contributed by atoms with Gasteiger partial charge in [0.2, 0.25) is 11.0 Å². The number of hydrogen-bond acceptors (Lipinski definition) is 7. The topological polar surface area (TPSA) is 113 Å². The summed E-state index contributed by atoms with van der Waals surface area (Å²) in [6.45, 7) is 0.952. The Labute approximate surface area is 181 Å². The van der Waals surface area contributed by atoms with Gasteiger partial charge in [-0.25, -0.2) is 9.78 Å². The molecule has 1 fully saturated rings. The van der Waals surface area contributed by atoms with Crippen LogP contribution in [0.3, 0.4) is 0 Å². The van der Waals surface area contributed by atoms with Gasteiger partial charge in [0.1, 0.15) is 11.5 Å². The van der Waals surface area contributed by atoms with Gasteiger partial charge in [0, 0.05) is 31.4 Å². The van der Waals surface area contributed by atoms with Gasteiger partial charge in [0.15, 0.2) is 5.01 Å². The van der Waals surface area contributed by atoms with E-state index in [0.29, 0.717) is 52.6 Å². The third kappa shape index (κ3) is 4.89. The number of amides is 3. The number of carbonyl (C=O) groups is 2. The molecule has 0 spiro atoms. The zero-order valence-corrected chi connectivity index (χ0v) is 17.4. The Morgan fingerprint density at radius 2 is 1.90 bits per heavy atom. The predicted octanol–water partition coefficient (Wildman–Crippen LogP) is 3.53. The van der Waals surface area contributed by atoms with Crippen LogP contribution in [0.2, 0.25) is 5.02 Å². The van der Waals surface area contributed by atoms with Crippen LogP contribution in [0.15, 0.2) is 42.7 Å². The van der Waals surface area contributed by atoms with E-state index in [1.54, 1.807) is 23.2 Å². The number of anilines is 2. The molecule has 3 amide bonds. The summed E-state index contributed by atoms with van der Waals surface area (Å²) in [7, 11) is 0. The molecule has 0 saturated carbocycles. The van der Waals surface area contributed by atoms with Gasteiger partial charge in [-0.15, -0.1) is 10.2 Å². The molecule has 9 nitrogen and oxygen atoms in total. The third-order valence-electron chi connectivity index (χ3n) is 4.65. The maximum Gasteiger partial charge on any atom is 0.323 e. The Bertz CT molecular complexity index is 1020. The van der Waals surface area contributed by atoms with Gasteiger partial charge < -0.3 is 10.2 Å². The number of nitrogens with zero attached hydrogens (tertiary/aromatic N) is 5. The summed E-state index contributed by atoms with van der Waals surface area (Å²) in [4.78, 5) is 34.9. The van der Waals surface area contributed by atoms with Gasteiger partial charge in [-0.3, -0.25) is 15.1 Å². The van der Waals surface area contributed by atoms with E-state index in [-0.39, 0.29) is 17.9 Å². The average Bonchev–Trinajstić information content (AvgIpc) is 3.24. The number of nitrogens with one attached hydrogen (secondary N) is 2. The second kappa shape index (κ2) is 9.14. The average molecular weight is 444 g/mol. The van der Waals surface area contributed by atoms with Crippen molar-refractivity contribution >= 4 is 45.8 Å². The van der Waals surface area contributed by atoms with E-state index in [2.05, 4.69) is 30.8 Å². The maximum atomic E-state index is 12.5. The molecule has 0 aromatic carbocycles. The molecule has 4 rings (SSSR count). The molecular weight excluding hydrogens is 426 g/mol. The third-order valence-corrected chi connectivity index (χ3v) is 5.74. The highest BCUT2D eigenvalue weighted by Crippen LogP contribution is 2.25. The van der Waals surface area contributed by atoms with Crippen LogP contribution in [0.25, 0.3) is 10.7 Å². The van der Waals surface area contributed by atoms with Crippen LogP contribution in [-0.2, 0) is 4.79 Å². The SMILES string of the molecule is O=C(Nc1ccc(Cl)cn1)C1CCN(C(=O)Nc2nnc(-c3ccccn3)s2)CC1. The highest BCUT2D eigenvalue weighted by molar-refractivity contribution is 7.18. The molecular formula is C19H18ClN7O2S. The molecule has 1 saturated heterocycles. The minimum Gasteiger partial charge on any atom is -0.324 e. The van der Waals surface area contributed by atoms with Crippen LogP contribution in [0.4, 0.5) is 15.7 Å². The van der Waals surface area contributed by atoms with Crippen molar-refractivity contribution in [3.05, 3.63) is 47.7 Å². The summed E-state index contributed by atoms with van der Waals surface area (Å²) in [6, 6.07) is 8.60. The van der Waals surface area contributed by atoms with Crippen LogP contribution in [0.1, 0.15) is 12.8 Å². The second-order valence-electron chi connectivity index (χ2n) is 6.67. The second-order valence-corrected chi connectivity index (χ2v) is 8.08. The minimum atomic E-state index is -0.253. The molecule has 1 aliphatic rings. The van der Waals surface area contributed by atoms with Crippen LogP contribution in [0.5, 0.6) is 0 Å². The Hall–Kier alpha value is -3.11. The number of carbonyl (C=O) groups excluding carboxylic acids is 2. The molecule has 11 heteroatoms. The summed E-state index contributed by atoms with van der Waals surface area (Å²) < 4.78 is 0. The molecule has 4 heterocycles. The highest BCUT2D eigenvalue weighted by Gasteiger charge is 2.28. The van der Waals surface area contributed by atoms with Crippen molar-refractivity contribution in [1.82, 2.24) is 25.1 Å². The van der Waals surface area contributed by atoms with Gasteiger partial charge in [-0.05, 0) is 37.1 Å². The Morgan fingerprint density at radius 3 is 2.60 bits per heavy atom. The summed E-state index contributed by atoms with van der Waals surface area (Å²) in [5.41, 5.74) is 0.706. The Balaban J connectivity index is 1.27. The van der Waals surface area contributed by atoms with Gasteiger partial charge in [0.25, 0.3) is 0 Å². The summed E-state index contributed by atoms with van der Waals surface area (Å²) in [5, 5.41) is 15.2. The number of hydrogen-bond donors (Lipinski definition) is 2. The Morgan fingerprint density at radius 1 is 1.07 bits per heavy atom. The van der Waals surface area contributed by atoms with E-state index in [1.807, 2.05) is 18.2 Å². The molecule has 1 aliphatic heterocycles. The van der Waals surface area contributed by atoms with Crippen molar-refractivity contribution in [2.75, 3.05) is 23.7 Å². The fourth-order valence-corrected chi connectivity index (χ4v) is 3.88. The maximum absolute atomic E-state index is 12.5. The molecule has 0 bridgehead atoms. The van der Waals surface area contributed by atoms with Crippen molar-refractivity contribution < 1.29 is 9.59 Å². The zero-order valence-electron chi connectivity index (χ0n) is 15.8. The summed E-state index contributed by atoms with van der Waals surface area (Å²) >= 11 is 7.07. The van der Waals surface area contributed by atoms with Crippen LogP contribution < -0.4 is 10.6 Å². The smallest absolute Gasteiger partial charge is 0.323 e. The molecule has 3 aromatic heterocycles. The van der Waals surface area contributed by atoms with Crippen molar-refractivity contribution in [2.24, 2.45) is 5.92 Å². The van der Waals surface area contributed by atoms with E-state index < -0.39 is 0 Å². The van der Waals surface area contributed by atoms with E-state index >= 15 is 0 Å². The Kier molecular flexibility index (Phi) is 6.15. The molecule has 0 aliphatic carbocycles. The number of piperidine rings is 1. The van der Waals surface area contributed by atoms with E-state index in [9.17, 15) is 9.59 Å². The first-order chi connectivity index (χ1) is 14.6. The number of likely N-dealkylation sites (tertiary alicyclic amines) is 1. The lowest BCUT2D eigenvalue weighted by Crippen LogP contribution is -2.43. The number of pyridine rings is 2. The molecule has 3 aromatic rings. The zero-order chi connectivity index (χ0) is 20.9. The highest BCUT2D eigenvalue weighted by atomic mass is 35.5. The van der Waals surface area contributed by atoms with Crippen LogP contribution in [-0.4, -0.2) is 50.1 Å². The van der Waals surface area contributed by atoms with Crippen LogP contribution in [0, 0.1) is 5.92 Å². The lowest BCUT2D eigenvalue weighted by atomic mass is 9.96. The van der Waals surface area contributed by atoms with Crippen molar-refractivity contribution in [3.8, 4) is 10.7 Å². The van der Waals surface area contributed by atoms with Gasteiger partial charge in [0.05, 0.1) is 5.02 Å². The summed E-state index contributed by atoms with van der Waals surface area (Å²) in [5.74, 6) is 0.183. The van der Waals surface area contributed by atoms with Crippen molar-refractivity contribution in [3.63, 3.8) is 0 Å². The van der Waals surface area contributed by atoms with Crippen LogP contribution >= 0.6 is 22.9 Å². The van der Waals surface area contributed by atoms with E-state index in [1.165, 1.54) is 17.5 Å². The van der Waals surface area contributed by atoms with E-state index in [4.69, 9.17) is 11.6 Å². The first kappa shape index (κ1) is 20.2. The van der Waals surface area contributed by atoms with Crippen molar-refractivity contribution in [2.45, 2.75) is 12.8 Å². The molecule has 0 unspecified atom stereocenters. The molecule has 154 valence electrons. The predicted molar refractivity (Wildman–Crippen MR) is 114 cm³/mol. The fourth-order valence-electron chi connectivity index (χ4n) is 3.06. The lowest BCUT2D eigenvalue weighted by molar-refractivity contribution is -0.121. The minimum absolute atomic E-state index is 0.103. The monoisotopic (exact) mass is 443 g/mol. The number of urea groups is 1. The molecule has 0 radical (unpaired) electrons.